The van der Waals surface area contributed by atoms with Crippen LogP contribution in [0.5, 0.6) is 0 Å². The fourth-order valence-corrected chi connectivity index (χ4v) is 8.39. The van der Waals surface area contributed by atoms with E-state index in [1.54, 1.807) is 0 Å². The molecule has 9 aromatic rings. The van der Waals surface area contributed by atoms with E-state index in [1.807, 2.05) is 0 Å². The van der Waals surface area contributed by atoms with Gasteiger partial charge in [-0.25, -0.2) is 0 Å². The molecule has 10 rings (SSSR count). The third kappa shape index (κ3) is 2.56. The molecule has 0 saturated heterocycles. The van der Waals surface area contributed by atoms with Gasteiger partial charge in [0.1, 0.15) is 0 Å². The predicted octanol–water partition coefficient (Wildman–Crippen LogP) is 11.1. The van der Waals surface area contributed by atoms with Gasteiger partial charge in [0, 0.05) is 27.0 Å². The van der Waals surface area contributed by atoms with Crippen LogP contribution >= 0.6 is 0 Å². The van der Waals surface area contributed by atoms with Crippen LogP contribution in [0.25, 0.3) is 81.9 Å². The van der Waals surface area contributed by atoms with Gasteiger partial charge < -0.3 is 4.40 Å². The summed E-state index contributed by atoms with van der Waals surface area (Å²) in [4.78, 5) is 0. The summed E-state index contributed by atoms with van der Waals surface area (Å²) in [5.74, 6) is 0. The van der Waals surface area contributed by atoms with E-state index >= 15 is 0 Å². The van der Waals surface area contributed by atoms with Gasteiger partial charge in [-0.05, 0) is 67.1 Å². The van der Waals surface area contributed by atoms with Gasteiger partial charge in [0.05, 0.1) is 16.6 Å². The molecule has 1 nitrogen and oxygen atoms in total. The molecule has 0 atom stereocenters. The fourth-order valence-electron chi connectivity index (χ4n) is 8.39. The number of hydrogen-bond donors (Lipinski definition) is 0. The molecule has 1 aliphatic carbocycles. The lowest BCUT2D eigenvalue weighted by Gasteiger charge is -2.24. The first-order valence-electron chi connectivity index (χ1n) is 14.9. The minimum atomic E-state index is -0.0596. The number of hydrogen-bond acceptors (Lipinski definition) is 0. The molecule has 196 valence electrons. The largest absolute Gasteiger partial charge is 0.308 e. The highest BCUT2D eigenvalue weighted by molar-refractivity contribution is 6.25. The Morgan fingerprint density at radius 2 is 1.10 bits per heavy atom. The second kappa shape index (κ2) is 7.57. The lowest BCUT2D eigenvalue weighted by Crippen LogP contribution is -2.15. The minimum Gasteiger partial charge on any atom is -0.308 e. The molecule has 0 N–H and O–H groups in total. The maximum Gasteiger partial charge on any atom is 0.0620 e. The zero-order valence-corrected chi connectivity index (χ0v) is 23.6. The summed E-state index contributed by atoms with van der Waals surface area (Å²) in [6.07, 6.45) is 0. The summed E-state index contributed by atoms with van der Waals surface area (Å²) in [7, 11) is 0. The number of aromatic nitrogens is 1. The highest BCUT2D eigenvalue weighted by Gasteiger charge is 2.38. The van der Waals surface area contributed by atoms with Crippen molar-refractivity contribution >= 4 is 59.6 Å². The number of fused-ring (bicyclic) bond motifs is 14. The average molecular weight is 534 g/mol. The van der Waals surface area contributed by atoms with Crippen molar-refractivity contribution in [3.05, 3.63) is 139 Å². The van der Waals surface area contributed by atoms with Crippen molar-refractivity contribution in [2.75, 3.05) is 0 Å². The maximum absolute atomic E-state index is 2.48. The van der Waals surface area contributed by atoms with Crippen molar-refractivity contribution < 1.29 is 0 Å². The average Bonchev–Trinajstić information content (AvgIpc) is 3.64. The Hall–Kier alpha value is -5.14. The maximum atomic E-state index is 2.48. The van der Waals surface area contributed by atoms with Crippen LogP contribution in [0.3, 0.4) is 0 Å². The first-order chi connectivity index (χ1) is 20.6. The van der Waals surface area contributed by atoms with Crippen LogP contribution in [0.4, 0.5) is 0 Å². The van der Waals surface area contributed by atoms with Crippen LogP contribution in [0, 0.1) is 0 Å². The second-order valence-electron chi connectivity index (χ2n) is 12.5. The number of nitrogens with zero attached hydrogens (tertiary/aromatic N) is 1. The summed E-state index contributed by atoms with van der Waals surface area (Å²) in [6, 6.07) is 47.6. The fraction of sp³-hybridized carbons (Fsp3) is 0.0732. The van der Waals surface area contributed by atoms with E-state index in [-0.39, 0.29) is 5.41 Å². The van der Waals surface area contributed by atoms with Crippen LogP contribution in [-0.4, -0.2) is 4.40 Å². The molecule has 1 heteroatoms. The molecule has 0 amide bonds. The molecule has 1 aliphatic rings. The van der Waals surface area contributed by atoms with E-state index in [0.29, 0.717) is 0 Å². The van der Waals surface area contributed by atoms with Crippen molar-refractivity contribution in [1.82, 2.24) is 4.40 Å². The SMILES string of the molecule is CC1(C)c2ccccc2-c2c1c1ccccc1c1c(-c3ccc4c5cccc6c7ccccc7n(c4c3)c65)cccc21. The Balaban J connectivity index is 1.36. The van der Waals surface area contributed by atoms with Crippen molar-refractivity contribution in [2.24, 2.45) is 0 Å². The Morgan fingerprint density at radius 3 is 1.95 bits per heavy atom. The van der Waals surface area contributed by atoms with E-state index in [1.165, 1.54) is 93.0 Å². The molecule has 2 heterocycles. The monoisotopic (exact) mass is 533 g/mol. The van der Waals surface area contributed by atoms with E-state index in [0.717, 1.165) is 0 Å². The summed E-state index contributed by atoms with van der Waals surface area (Å²) in [6.45, 7) is 4.78. The Morgan fingerprint density at radius 1 is 0.476 bits per heavy atom. The van der Waals surface area contributed by atoms with Gasteiger partial charge in [0.25, 0.3) is 0 Å². The van der Waals surface area contributed by atoms with Crippen molar-refractivity contribution in [3.8, 4) is 22.3 Å². The van der Waals surface area contributed by atoms with Gasteiger partial charge in [-0.3, -0.25) is 0 Å². The van der Waals surface area contributed by atoms with Gasteiger partial charge in [-0.15, -0.1) is 0 Å². The van der Waals surface area contributed by atoms with Crippen LogP contribution < -0.4 is 0 Å². The van der Waals surface area contributed by atoms with E-state index in [2.05, 4.69) is 146 Å². The Kier molecular flexibility index (Phi) is 4.06. The van der Waals surface area contributed by atoms with E-state index in [9.17, 15) is 0 Å². The van der Waals surface area contributed by atoms with Gasteiger partial charge in [-0.2, -0.15) is 0 Å². The quantitative estimate of drug-likeness (QED) is 0.185. The highest BCUT2D eigenvalue weighted by Crippen LogP contribution is 2.55. The van der Waals surface area contributed by atoms with Gasteiger partial charge in [0.2, 0.25) is 0 Å². The van der Waals surface area contributed by atoms with Crippen LogP contribution in [-0.2, 0) is 5.41 Å². The molecule has 42 heavy (non-hydrogen) atoms. The molecular formula is C41H27N. The summed E-state index contributed by atoms with van der Waals surface area (Å²) in [5.41, 5.74) is 12.0. The number of para-hydroxylation sites is 2. The highest BCUT2D eigenvalue weighted by atomic mass is 14.9. The predicted molar refractivity (Wildman–Crippen MR) is 179 cm³/mol. The molecule has 7 aromatic carbocycles. The topological polar surface area (TPSA) is 4.41 Å². The molecule has 2 aromatic heterocycles. The first kappa shape index (κ1) is 22.5. The zero-order valence-electron chi connectivity index (χ0n) is 23.6. The van der Waals surface area contributed by atoms with Crippen molar-refractivity contribution in [3.63, 3.8) is 0 Å². The molecule has 0 radical (unpaired) electrons. The number of benzene rings is 7. The molecular weight excluding hydrogens is 506 g/mol. The molecule has 0 bridgehead atoms. The summed E-state index contributed by atoms with van der Waals surface area (Å²) < 4.78 is 2.48. The van der Waals surface area contributed by atoms with Gasteiger partial charge >= 0.3 is 0 Å². The standard InChI is InChI=1S/C41H27N/c1-41(2)34-19-7-5-14-32(34)38-33-18-9-15-25(37(33)28-12-3-4-13-29(28)39(38)41)24-21-22-27-31-17-10-16-30-26-11-6-8-20-35(26)42(40(30)31)36(27)23-24/h3-23H,1-2H3. The number of rotatable bonds is 1. The lowest BCUT2D eigenvalue weighted by atomic mass is 9.78. The van der Waals surface area contributed by atoms with Crippen LogP contribution in [0.2, 0.25) is 0 Å². The second-order valence-corrected chi connectivity index (χ2v) is 12.5. The van der Waals surface area contributed by atoms with Crippen LogP contribution in [0.1, 0.15) is 25.0 Å². The van der Waals surface area contributed by atoms with E-state index in [4.69, 9.17) is 0 Å². The molecule has 0 spiro atoms. The third-order valence-electron chi connectivity index (χ3n) is 10.1. The lowest BCUT2D eigenvalue weighted by molar-refractivity contribution is 0.666. The Labute approximate surface area is 243 Å². The minimum absolute atomic E-state index is 0.0596. The molecule has 0 unspecified atom stereocenters. The smallest absolute Gasteiger partial charge is 0.0620 e. The third-order valence-corrected chi connectivity index (χ3v) is 10.1. The van der Waals surface area contributed by atoms with Gasteiger partial charge in [0.15, 0.2) is 0 Å². The molecule has 0 aliphatic heterocycles. The normalized spacial score (nSPS) is 14.1. The zero-order chi connectivity index (χ0) is 27.7. The van der Waals surface area contributed by atoms with Crippen molar-refractivity contribution in [1.29, 1.82) is 0 Å². The first-order valence-corrected chi connectivity index (χ1v) is 14.9. The summed E-state index contributed by atoms with van der Waals surface area (Å²) in [5, 5.41) is 10.7. The molecule has 0 fully saturated rings. The van der Waals surface area contributed by atoms with Crippen molar-refractivity contribution in [2.45, 2.75) is 19.3 Å². The van der Waals surface area contributed by atoms with Gasteiger partial charge in [-0.1, -0.05) is 129 Å². The van der Waals surface area contributed by atoms with E-state index < -0.39 is 0 Å². The molecule has 0 saturated carbocycles. The Bertz CT molecular complexity index is 2590. The summed E-state index contributed by atoms with van der Waals surface area (Å²) >= 11 is 0. The van der Waals surface area contributed by atoms with Crippen LogP contribution in [0.15, 0.2) is 127 Å².